The summed E-state index contributed by atoms with van der Waals surface area (Å²) in [6, 6.07) is 0. The van der Waals surface area contributed by atoms with E-state index in [4.69, 9.17) is 0 Å². The topological polar surface area (TPSA) is 43.1 Å². The van der Waals surface area contributed by atoms with Crippen LogP contribution in [0.15, 0.2) is 12.7 Å². The molecule has 0 unspecified atom stereocenters. The minimum atomic E-state index is -0.481. The predicted octanol–water partition coefficient (Wildman–Crippen LogP) is 5.83. The van der Waals surface area contributed by atoms with Crippen molar-refractivity contribution in [3.05, 3.63) is 12.7 Å². The Hall–Kier alpha value is -0.830. The molecule has 2 N–H and O–H groups in total. The molecule has 3 nitrogen and oxygen atoms in total. The van der Waals surface area contributed by atoms with Gasteiger partial charge in [0.1, 0.15) is 0 Å². The van der Waals surface area contributed by atoms with E-state index in [1.54, 1.807) is 0 Å². The number of unbranched alkanes of at least 4 members (excludes halogenated alkanes) is 13. The first-order valence-electron chi connectivity index (χ1n) is 10.6. The van der Waals surface area contributed by atoms with Crippen molar-refractivity contribution >= 4 is 5.91 Å². The van der Waals surface area contributed by atoms with Gasteiger partial charge in [0.15, 0.2) is 0 Å². The summed E-state index contributed by atoms with van der Waals surface area (Å²) in [5, 5.41) is 0. The van der Waals surface area contributed by atoms with Gasteiger partial charge in [-0.15, -0.1) is 0 Å². The van der Waals surface area contributed by atoms with Gasteiger partial charge in [0, 0.05) is 0 Å². The van der Waals surface area contributed by atoms with E-state index in [-0.39, 0.29) is 0 Å². The summed E-state index contributed by atoms with van der Waals surface area (Å²) in [5.74, 6) is -0.481. The molecule has 0 atom stereocenters. The van der Waals surface area contributed by atoms with Gasteiger partial charge in [-0.1, -0.05) is 90.6 Å². The van der Waals surface area contributed by atoms with Crippen LogP contribution in [0.1, 0.15) is 96.8 Å². The lowest BCUT2D eigenvalue weighted by molar-refractivity contribution is -0.870. The van der Waals surface area contributed by atoms with Crippen molar-refractivity contribution in [2.45, 2.75) is 96.8 Å². The Bertz CT molecular complexity index is 295. The normalized spacial score (nSPS) is 10.9. The molecule has 0 saturated carbocycles. The fraction of sp³-hybridized carbons (Fsp3) is 0.864. The number of nitrogens with two attached hydrogens (primary N) is 1. The lowest BCUT2D eigenvalue weighted by Crippen LogP contribution is -2.35. The summed E-state index contributed by atoms with van der Waals surface area (Å²) in [5.41, 5.74) is 4.53. The average Bonchev–Trinajstić information content (AvgIpc) is 2.54. The molecule has 3 heteroatoms. The summed E-state index contributed by atoms with van der Waals surface area (Å²) < 4.78 is 1.12. The molecule has 0 fully saturated rings. The molecule has 0 spiro atoms. The first kappa shape index (κ1) is 26.4. The molecular formula is C22H47N2O+. The third-order valence-corrected chi connectivity index (χ3v) is 4.38. The fourth-order valence-electron chi connectivity index (χ4n) is 2.78. The quantitative estimate of drug-likeness (QED) is 0.211. The van der Waals surface area contributed by atoms with E-state index >= 15 is 0 Å². The second kappa shape index (κ2) is 19.5. The van der Waals surface area contributed by atoms with Crippen molar-refractivity contribution in [3.8, 4) is 0 Å². The van der Waals surface area contributed by atoms with Crippen LogP contribution >= 0.6 is 0 Å². The van der Waals surface area contributed by atoms with Crippen molar-refractivity contribution < 1.29 is 9.28 Å². The Morgan fingerprint density at radius 1 is 0.760 bits per heavy atom. The van der Waals surface area contributed by atoms with E-state index in [9.17, 15) is 4.79 Å². The van der Waals surface area contributed by atoms with Crippen LogP contribution in [-0.4, -0.2) is 38.1 Å². The van der Waals surface area contributed by atoms with Crippen molar-refractivity contribution in [1.29, 1.82) is 0 Å². The van der Waals surface area contributed by atoms with Crippen molar-refractivity contribution in [2.75, 3.05) is 27.7 Å². The van der Waals surface area contributed by atoms with E-state index in [0.717, 1.165) is 10.6 Å². The monoisotopic (exact) mass is 355 g/mol. The summed E-state index contributed by atoms with van der Waals surface area (Å²) >= 11 is 0. The number of hydrogen-bond acceptors (Lipinski definition) is 1. The Labute approximate surface area is 158 Å². The molecule has 1 amide bonds. The maximum Gasteiger partial charge on any atom is 0.240 e. The summed E-state index contributed by atoms with van der Waals surface area (Å²) in [6.45, 7) is 6.71. The SMILES string of the molecule is C=CC(N)=O.CCCCCCCCCCCCCCCC[N+](C)(C)C. The third kappa shape index (κ3) is 31.5. The molecule has 0 bridgehead atoms. The van der Waals surface area contributed by atoms with Gasteiger partial charge >= 0.3 is 0 Å². The van der Waals surface area contributed by atoms with Crippen LogP contribution in [0.25, 0.3) is 0 Å². The van der Waals surface area contributed by atoms with Crippen molar-refractivity contribution in [1.82, 2.24) is 0 Å². The van der Waals surface area contributed by atoms with Gasteiger partial charge in [-0.05, 0) is 18.9 Å². The molecule has 0 radical (unpaired) electrons. The maximum absolute atomic E-state index is 9.47. The van der Waals surface area contributed by atoms with Crippen LogP contribution in [0.4, 0.5) is 0 Å². The molecule has 0 aromatic rings. The Balaban J connectivity index is 0. The van der Waals surface area contributed by atoms with Crippen LogP contribution in [0, 0.1) is 0 Å². The van der Waals surface area contributed by atoms with E-state index in [1.165, 1.54) is 96.4 Å². The minimum Gasteiger partial charge on any atom is -0.366 e. The van der Waals surface area contributed by atoms with Gasteiger partial charge in [-0.2, -0.15) is 0 Å². The third-order valence-electron chi connectivity index (χ3n) is 4.38. The van der Waals surface area contributed by atoms with Crippen LogP contribution in [0.2, 0.25) is 0 Å². The van der Waals surface area contributed by atoms with Gasteiger partial charge in [-0.3, -0.25) is 4.79 Å². The van der Waals surface area contributed by atoms with Crippen LogP contribution in [-0.2, 0) is 4.79 Å². The molecule has 150 valence electrons. The first-order valence-corrected chi connectivity index (χ1v) is 10.6. The highest BCUT2D eigenvalue weighted by molar-refractivity contribution is 5.84. The zero-order valence-corrected chi connectivity index (χ0v) is 17.8. The molecule has 0 rings (SSSR count). The highest BCUT2D eigenvalue weighted by Crippen LogP contribution is 2.13. The average molecular weight is 356 g/mol. The van der Waals surface area contributed by atoms with Crippen LogP contribution in [0.5, 0.6) is 0 Å². The van der Waals surface area contributed by atoms with Crippen molar-refractivity contribution in [2.24, 2.45) is 5.73 Å². The largest absolute Gasteiger partial charge is 0.366 e. The van der Waals surface area contributed by atoms with Gasteiger partial charge in [0.05, 0.1) is 27.7 Å². The van der Waals surface area contributed by atoms with Gasteiger partial charge in [0.2, 0.25) is 5.91 Å². The second-order valence-corrected chi connectivity index (χ2v) is 8.22. The Morgan fingerprint density at radius 2 is 1.04 bits per heavy atom. The van der Waals surface area contributed by atoms with E-state index < -0.39 is 5.91 Å². The number of amides is 1. The van der Waals surface area contributed by atoms with Crippen molar-refractivity contribution in [3.63, 3.8) is 0 Å². The molecule has 0 aromatic heterocycles. The maximum atomic E-state index is 9.47. The standard InChI is InChI=1S/C19H42N.C3H5NO/c1-5-6-7-8-9-10-11-12-13-14-15-16-17-18-19-20(2,3)4;1-2-3(4)5/h5-19H2,1-4H3;2H,1H2,(H2,4,5)/q+1;. The lowest BCUT2D eigenvalue weighted by Gasteiger charge is -2.23. The molecule has 0 aliphatic heterocycles. The minimum absolute atomic E-state index is 0.481. The number of rotatable bonds is 16. The van der Waals surface area contributed by atoms with Gasteiger partial charge in [0.25, 0.3) is 0 Å². The molecular weight excluding hydrogens is 308 g/mol. The molecule has 0 aliphatic carbocycles. The number of quaternary nitrogens is 1. The highest BCUT2D eigenvalue weighted by atomic mass is 16.1. The summed E-state index contributed by atoms with van der Waals surface area (Å²) in [4.78, 5) is 9.47. The number of carbonyl (C=O) groups excluding carboxylic acids is 1. The van der Waals surface area contributed by atoms with E-state index in [0.29, 0.717) is 0 Å². The Kier molecular flexibility index (Phi) is 20.6. The molecule has 0 heterocycles. The zero-order valence-electron chi connectivity index (χ0n) is 17.8. The Morgan fingerprint density at radius 3 is 1.28 bits per heavy atom. The van der Waals surface area contributed by atoms with E-state index in [1.807, 2.05) is 0 Å². The van der Waals surface area contributed by atoms with Crippen LogP contribution in [0.3, 0.4) is 0 Å². The first-order chi connectivity index (χ1) is 11.8. The summed E-state index contributed by atoms with van der Waals surface area (Å²) in [7, 11) is 6.88. The van der Waals surface area contributed by atoms with E-state index in [2.05, 4.69) is 40.4 Å². The molecule has 25 heavy (non-hydrogen) atoms. The molecule has 0 aromatic carbocycles. The van der Waals surface area contributed by atoms with Gasteiger partial charge in [-0.25, -0.2) is 0 Å². The lowest BCUT2D eigenvalue weighted by atomic mass is 10.0. The van der Waals surface area contributed by atoms with Crippen LogP contribution < -0.4 is 5.73 Å². The van der Waals surface area contributed by atoms with Gasteiger partial charge < -0.3 is 10.2 Å². The predicted molar refractivity (Wildman–Crippen MR) is 113 cm³/mol. The smallest absolute Gasteiger partial charge is 0.240 e. The second-order valence-electron chi connectivity index (χ2n) is 8.22. The fourth-order valence-corrected chi connectivity index (χ4v) is 2.78. The molecule has 0 saturated heterocycles. The summed E-state index contributed by atoms with van der Waals surface area (Å²) in [6.07, 6.45) is 21.4. The highest BCUT2D eigenvalue weighted by Gasteiger charge is 2.04. The zero-order chi connectivity index (χ0) is 19.4. The number of primary amides is 1. The number of nitrogens with zero attached hydrogens (tertiary/aromatic N) is 1. The number of hydrogen-bond donors (Lipinski definition) is 1. The number of carbonyl (C=O) groups is 1. The molecule has 0 aliphatic rings.